The van der Waals surface area contributed by atoms with Gasteiger partial charge >= 0.3 is 0 Å². The molecule has 5 atom stereocenters. The number of nitrogens with zero attached hydrogens (tertiary/aromatic N) is 3. The zero-order chi connectivity index (χ0) is 23.0. The summed E-state index contributed by atoms with van der Waals surface area (Å²) in [5.74, 6) is 0.747. The molecule has 1 amide bonds. The summed E-state index contributed by atoms with van der Waals surface area (Å²) in [5, 5.41) is 38.3. The van der Waals surface area contributed by atoms with E-state index < -0.39 is 43.1 Å². The second-order valence-corrected chi connectivity index (χ2v) is 8.74. The molecule has 4 N–H and O–H groups in total. The zero-order valence-electron chi connectivity index (χ0n) is 17.3. The minimum absolute atomic E-state index is 0.126. The van der Waals surface area contributed by atoms with Crippen LogP contribution in [0.25, 0.3) is 0 Å². The van der Waals surface area contributed by atoms with Crippen LogP contribution < -0.4 is 10.1 Å². The largest absolute Gasteiger partial charge is 0.486 e. The molecular weight excluding hydrogens is 460 g/mol. The number of carbonyl (C=O) groups excluding carboxylic acids is 1. The standard InChI is InChI=1S/C20H25ClN4O6S/c1-10(27)22-16-18(29)17(28)14(8-26)31-19(16)25-20(32)24(12-4-5-12)15(23-25)9-30-13-6-2-11(21)3-7-13/h2-3,6-7,12,14,16-19,26,28-29H,4-5,8-9H2,1H3,(H,22,27)/t14-,16-,17-,18-,19-/m1/s1. The Hall–Kier alpha value is -2.02. The van der Waals surface area contributed by atoms with E-state index in [1.165, 1.54) is 11.6 Å². The Balaban J connectivity index is 1.66. The molecule has 1 aliphatic heterocycles. The van der Waals surface area contributed by atoms with Gasteiger partial charge in [-0.15, -0.1) is 0 Å². The molecule has 2 fully saturated rings. The second kappa shape index (κ2) is 9.46. The van der Waals surface area contributed by atoms with Crippen molar-refractivity contribution in [3.8, 4) is 5.75 Å². The van der Waals surface area contributed by atoms with Gasteiger partial charge in [0, 0.05) is 18.0 Å². The van der Waals surface area contributed by atoms with Crippen LogP contribution in [0.15, 0.2) is 24.3 Å². The van der Waals surface area contributed by atoms with Crippen LogP contribution in [0.4, 0.5) is 0 Å². The summed E-state index contributed by atoms with van der Waals surface area (Å²) in [7, 11) is 0. The number of benzene rings is 1. The first-order valence-corrected chi connectivity index (χ1v) is 11.1. The topological polar surface area (TPSA) is 131 Å². The highest BCUT2D eigenvalue weighted by molar-refractivity contribution is 7.71. The molecule has 1 saturated heterocycles. The van der Waals surface area contributed by atoms with E-state index in [-0.39, 0.29) is 12.6 Å². The fourth-order valence-electron chi connectivity index (χ4n) is 3.78. The Bertz CT molecular complexity index is 1020. The van der Waals surface area contributed by atoms with Gasteiger partial charge < -0.3 is 30.1 Å². The third-order valence-electron chi connectivity index (χ3n) is 5.51. The summed E-state index contributed by atoms with van der Waals surface area (Å²) < 4.78 is 15.3. The Morgan fingerprint density at radius 1 is 1.31 bits per heavy atom. The van der Waals surface area contributed by atoms with Crippen LogP contribution in [0.5, 0.6) is 5.75 Å². The molecule has 10 nitrogen and oxygen atoms in total. The number of aliphatic hydroxyl groups excluding tert-OH is 3. The van der Waals surface area contributed by atoms with Crippen molar-refractivity contribution in [2.75, 3.05) is 6.61 Å². The van der Waals surface area contributed by atoms with E-state index in [0.717, 1.165) is 12.8 Å². The van der Waals surface area contributed by atoms with Gasteiger partial charge in [-0.2, -0.15) is 5.10 Å². The smallest absolute Gasteiger partial charge is 0.217 e. The molecule has 0 bridgehead atoms. The van der Waals surface area contributed by atoms with Gasteiger partial charge in [-0.3, -0.25) is 9.36 Å². The highest BCUT2D eigenvalue weighted by Gasteiger charge is 2.47. The van der Waals surface area contributed by atoms with Crippen molar-refractivity contribution in [2.24, 2.45) is 0 Å². The predicted octanol–water partition coefficient (Wildman–Crippen LogP) is 1.10. The summed E-state index contributed by atoms with van der Waals surface area (Å²) in [6.45, 7) is 0.896. The Morgan fingerprint density at radius 3 is 2.59 bits per heavy atom. The lowest BCUT2D eigenvalue weighted by Crippen LogP contribution is -2.62. The van der Waals surface area contributed by atoms with Gasteiger partial charge in [0.15, 0.2) is 12.1 Å². The van der Waals surface area contributed by atoms with Gasteiger partial charge in [0.05, 0.1) is 6.61 Å². The lowest BCUT2D eigenvalue weighted by Gasteiger charge is -2.42. The molecule has 12 heteroatoms. The molecule has 0 radical (unpaired) electrons. The quantitative estimate of drug-likeness (QED) is 0.430. The molecule has 32 heavy (non-hydrogen) atoms. The zero-order valence-corrected chi connectivity index (χ0v) is 18.9. The van der Waals surface area contributed by atoms with Crippen molar-refractivity contribution in [3.63, 3.8) is 0 Å². The lowest BCUT2D eigenvalue weighted by atomic mass is 9.96. The van der Waals surface area contributed by atoms with Crippen LogP contribution in [-0.4, -0.2) is 66.5 Å². The van der Waals surface area contributed by atoms with Crippen LogP contribution in [0, 0.1) is 4.77 Å². The van der Waals surface area contributed by atoms with Crippen LogP contribution in [-0.2, 0) is 16.1 Å². The SMILES string of the molecule is CC(=O)N[C@@H]1[C@@H](O)[C@H](O)[C@@H](CO)O[C@H]1n1nc(COc2ccc(Cl)cc2)n(C2CC2)c1=S. The van der Waals surface area contributed by atoms with Crippen molar-refractivity contribution >= 4 is 29.7 Å². The van der Waals surface area contributed by atoms with E-state index >= 15 is 0 Å². The third kappa shape index (κ3) is 4.68. The number of nitrogens with one attached hydrogen (secondary N) is 1. The van der Waals surface area contributed by atoms with Gasteiger partial charge in [0.1, 0.15) is 36.7 Å². The lowest BCUT2D eigenvalue weighted by molar-refractivity contribution is -0.219. The molecular formula is C20H25ClN4O6S. The average Bonchev–Trinajstić information content (AvgIpc) is 3.54. The third-order valence-corrected chi connectivity index (χ3v) is 6.14. The Labute approximate surface area is 194 Å². The van der Waals surface area contributed by atoms with Gasteiger partial charge in [-0.25, -0.2) is 4.68 Å². The minimum Gasteiger partial charge on any atom is -0.486 e. The van der Waals surface area contributed by atoms with E-state index in [1.54, 1.807) is 24.3 Å². The first-order valence-electron chi connectivity index (χ1n) is 10.3. The fraction of sp³-hybridized carbons (Fsp3) is 0.550. The molecule has 2 aromatic rings. The molecule has 1 aromatic heterocycles. The monoisotopic (exact) mass is 484 g/mol. The van der Waals surface area contributed by atoms with Crippen molar-refractivity contribution < 1.29 is 29.6 Å². The van der Waals surface area contributed by atoms with Crippen molar-refractivity contribution in [3.05, 3.63) is 39.9 Å². The van der Waals surface area contributed by atoms with Crippen LogP contribution >= 0.6 is 23.8 Å². The molecule has 1 saturated carbocycles. The van der Waals surface area contributed by atoms with Crippen LogP contribution in [0.3, 0.4) is 0 Å². The number of carbonyl (C=O) groups is 1. The van der Waals surface area contributed by atoms with Gasteiger partial charge in [-0.05, 0) is 49.3 Å². The average molecular weight is 485 g/mol. The number of aromatic nitrogens is 3. The fourth-order valence-corrected chi connectivity index (χ4v) is 4.30. The first-order chi connectivity index (χ1) is 15.3. The maximum absolute atomic E-state index is 11.8. The number of amides is 1. The van der Waals surface area contributed by atoms with Gasteiger partial charge in [0.25, 0.3) is 0 Å². The number of hydrogen-bond donors (Lipinski definition) is 4. The summed E-state index contributed by atoms with van der Waals surface area (Å²) in [4.78, 5) is 11.8. The summed E-state index contributed by atoms with van der Waals surface area (Å²) in [5.41, 5.74) is 0. The number of halogens is 1. The Kier molecular flexibility index (Phi) is 6.84. The van der Waals surface area contributed by atoms with Crippen molar-refractivity contribution in [1.29, 1.82) is 0 Å². The molecule has 1 aromatic carbocycles. The molecule has 0 unspecified atom stereocenters. The van der Waals surface area contributed by atoms with Crippen LogP contribution in [0.1, 0.15) is 37.9 Å². The molecule has 1 aliphatic carbocycles. The summed E-state index contributed by atoms with van der Waals surface area (Å²) in [6, 6.07) is 6.08. The predicted molar refractivity (Wildman–Crippen MR) is 116 cm³/mol. The highest BCUT2D eigenvalue weighted by atomic mass is 35.5. The highest BCUT2D eigenvalue weighted by Crippen LogP contribution is 2.38. The number of ether oxygens (including phenoxy) is 2. The van der Waals surface area contributed by atoms with Crippen molar-refractivity contribution in [1.82, 2.24) is 19.7 Å². The maximum atomic E-state index is 11.8. The first kappa shape index (κ1) is 23.1. The maximum Gasteiger partial charge on any atom is 0.217 e. The van der Waals surface area contributed by atoms with E-state index in [1.807, 2.05) is 4.57 Å². The van der Waals surface area contributed by atoms with Crippen LogP contribution in [0.2, 0.25) is 5.02 Å². The second-order valence-electron chi connectivity index (χ2n) is 7.94. The van der Waals surface area contributed by atoms with E-state index in [4.69, 9.17) is 33.3 Å². The summed E-state index contributed by atoms with van der Waals surface area (Å²) in [6.07, 6.45) is -3.00. The van der Waals surface area contributed by atoms with E-state index in [2.05, 4.69) is 10.4 Å². The van der Waals surface area contributed by atoms with Gasteiger partial charge in [-0.1, -0.05) is 11.6 Å². The normalized spacial score (nSPS) is 27.8. The number of aliphatic hydroxyl groups is 3. The number of rotatable bonds is 7. The summed E-state index contributed by atoms with van der Waals surface area (Å²) >= 11 is 11.6. The molecule has 4 rings (SSSR count). The Morgan fingerprint density at radius 2 is 2.00 bits per heavy atom. The molecule has 0 spiro atoms. The molecule has 2 aliphatic rings. The van der Waals surface area contributed by atoms with E-state index in [9.17, 15) is 20.1 Å². The van der Waals surface area contributed by atoms with E-state index in [0.29, 0.717) is 21.4 Å². The molecule has 2 heterocycles. The van der Waals surface area contributed by atoms with Gasteiger partial charge in [0.2, 0.25) is 10.7 Å². The minimum atomic E-state index is -1.39. The van der Waals surface area contributed by atoms with Crippen molar-refractivity contribution in [2.45, 2.75) is 63.0 Å². The number of hydrogen-bond acceptors (Lipinski definition) is 8. The molecule has 174 valence electrons.